The Hall–Kier alpha value is -1.19. The highest BCUT2D eigenvalue weighted by Crippen LogP contribution is 2.23. The van der Waals surface area contributed by atoms with Crippen molar-refractivity contribution in [2.24, 2.45) is 0 Å². The molecule has 2 rings (SSSR count). The van der Waals surface area contributed by atoms with E-state index in [0.717, 1.165) is 44.3 Å². The number of ether oxygens (including phenoxy) is 2. The van der Waals surface area contributed by atoms with Crippen LogP contribution < -0.4 is 0 Å². The van der Waals surface area contributed by atoms with Crippen LogP contribution in [0, 0.1) is 0 Å². The van der Waals surface area contributed by atoms with Gasteiger partial charge < -0.3 is 14.3 Å². The van der Waals surface area contributed by atoms with Crippen molar-refractivity contribution in [2.75, 3.05) is 13.2 Å². The van der Waals surface area contributed by atoms with Gasteiger partial charge in [0.15, 0.2) is 6.29 Å². The molecule has 1 aliphatic heterocycles. The van der Waals surface area contributed by atoms with Gasteiger partial charge in [-0.2, -0.15) is 0 Å². The first-order valence-corrected chi connectivity index (χ1v) is 6.16. The van der Waals surface area contributed by atoms with E-state index in [2.05, 4.69) is 12.1 Å². The van der Waals surface area contributed by atoms with Crippen molar-refractivity contribution in [1.82, 2.24) is 0 Å². The monoisotopic (exact) mass is 234 g/mol. The van der Waals surface area contributed by atoms with E-state index in [0.29, 0.717) is 6.42 Å². The van der Waals surface area contributed by atoms with Crippen molar-refractivity contribution in [3.05, 3.63) is 35.4 Å². The first kappa shape index (κ1) is 12.3. The van der Waals surface area contributed by atoms with E-state index in [1.807, 2.05) is 12.1 Å². The van der Waals surface area contributed by atoms with Gasteiger partial charge in [-0.3, -0.25) is 0 Å². The Kier molecular flexibility index (Phi) is 4.71. The molecule has 0 aromatic heterocycles. The summed E-state index contributed by atoms with van der Waals surface area (Å²) in [7, 11) is 0. The second-order valence-corrected chi connectivity index (χ2v) is 4.23. The molecule has 0 amide bonds. The van der Waals surface area contributed by atoms with Crippen LogP contribution in [-0.4, -0.2) is 19.5 Å². The molecule has 3 nitrogen and oxygen atoms in total. The van der Waals surface area contributed by atoms with Gasteiger partial charge in [0.1, 0.15) is 6.29 Å². The molecule has 1 aliphatic rings. The molecule has 0 atom stereocenters. The molecule has 1 aromatic carbocycles. The fraction of sp³-hybridized carbons (Fsp3) is 0.500. The third-order valence-electron chi connectivity index (χ3n) is 2.87. The molecule has 0 bridgehead atoms. The average molecular weight is 234 g/mol. The number of aldehydes is 1. The summed E-state index contributed by atoms with van der Waals surface area (Å²) in [5, 5.41) is 0. The minimum atomic E-state index is -0.201. The predicted molar refractivity (Wildman–Crippen MR) is 64.7 cm³/mol. The number of carbonyl (C=O) groups excluding carboxylic acids is 1. The lowest BCUT2D eigenvalue weighted by Gasteiger charge is -2.23. The van der Waals surface area contributed by atoms with E-state index in [1.54, 1.807) is 0 Å². The molecule has 1 aromatic rings. The van der Waals surface area contributed by atoms with Gasteiger partial charge in [0, 0.05) is 12.0 Å². The van der Waals surface area contributed by atoms with Gasteiger partial charge in [0.05, 0.1) is 13.2 Å². The topological polar surface area (TPSA) is 35.5 Å². The molecule has 0 spiro atoms. The molecule has 0 radical (unpaired) electrons. The number of carbonyl (C=O) groups is 1. The Bertz CT molecular complexity index is 339. The second kappa shape index (κ2) is 6.52. The molecule has 1 heterocycles. The maximum atomic E-state index is 10.2. The second-order valence-electron chi connectivity index (χ2n) is 4.23. The van der Waals surface area contributed by atoms with E-state index in [9.17, 15) is 4.79 Å². The number of hydrogen-bond acceptors (Lipinski definition) is 3. The Morgan fingerprint density at radius 1 is 1.18 bits per heavy atom. The highest BCUT2D eigenvalue weighted by atomic mass is 16.7. The van der Waals surface area contributed by atoms with E-state index in [1.165, 1.54) is 5.56 Å². The highest BCUT2D eigenvalue weighted by molar-refractivity contribution is 5.49. The third-order valence-corrected chi connectivity index (χ3v) is 2.87. The molecule has 17 heavy (non-hydrogen) atoms. The van der Waals surface area contributed by atoms with Crippen LogP contribution in [0.4, 0.5) is 0 Å². The van der Waals surface area contributed by atoms with Crippen LogP contribution in [-0.2, 0) is 20.7 Å². The largest absolute Gasteiger partial charge is 0.348 e. The van der Waals surface area contributed by atoms with Crippen LogP contribution in [0.5, 0.6) is 0 Å². The van der Waals surface area contributed by atoms with E-state index in [-0.39, 0.29) is 6.29 Å². The van der Waals surface area contributed by atoms with Gasteiger partial charge in [-0.15, -0.1) is 0 Å². The molecule has 1 saturated heterocycles. The lowest BCUT2D eigenvalue weighted by molar-refractivity contribution is -0.183. The standard InChI is InChI=1S/C14H18O3/c15-9-2-1-4-12-5-7-13(8-6-12)14-16-10-3-11-17-14/h5-9,14H,1-4,10-11H2. The Morgan fingerprint density at radius 2 is 1.88 bits per heavy atom. The molecule has 1 fully saturated rings. The van der Waals surface area contributed by atoms with Crippen LogP contribution in [0.3, 0.4) is 0 Å². The smallest absolute Gasteiger partial charge is 0.183 e. The maximum Gasteiger partial charge on any atom is 0.183 e. The number of aryl methyl sites for hydroxylation is 1. The number of unbranched alkanes of at least 4 members (excludes halogenated alkanes) is 1. The predicted octanol–water partition coefficient (Wildman–Crippen LogP) is 2.64. The average Bonchev–Trinajstić information content (AvgIpc) is 2.41. The summed E-state index contributed by atoms with van der Waals surface area (Å²) in [6, 6.07) is 8.27. The minimum absolute atomic E-state index is 0.201. The zero-order chi connectivity index (χ0) is 11.9. The van der Waals surface area contributed by atoms with Gasteiger partial charge in [-0.05, 0) is 24.8 Å². The highest BCUT2D eigenvalue weighted by Gasteiger charge is 2.15. The summed E-state index contributed by atoms with van der Waals surface area (Å²) in [5.74, 6) is 0. The summed E-state index contributed by atoms with van der Waals surface area (Å²) in [4.78, 5) is 10.2. The number of benzene rings is 1. The molecule has 3 heteroatoms. The molecule has 0 unspecified atom stereocenters. The number of rotatable bonds is 5. The van der Waals surface area contributed by atoms with Gasteiger partial charge >= 0.3 is 0 Å². The molecule has 0 saturated carbocycles. The summed E-state index contributed by atoms with van der Waals surface area (Å²) in [5.41, 5.74) is 2.33. The zero-order valence-corrected chi connectivity index (χ0v) is 9.93. The van der Waals surface area contributed by atoms with Crippen LogP contribution in [0.2, 0.25) is 0 Å². The van der Waals surface area contributed by atoms with Gasteiger partial charge in [-0.1, -0.05) is 24.3 Å². The zero-order valence-electron chi connectivity index (χ0n) is 9.93. The number of hydrogen-bond donors (Lipinski definition) is 0. The van der Waals surface area contributed by atoms with Crippen LogP contribution in [0.1, 0.15) is 36.7 Å². The summed E-state index contributed by atoms with van der Waals surface area (Å²) in [6.07, 6.45) is 4.24. The summed E-state index contributed by atoms with van der Waals surface area (Å²) >= 11 is 0. The normalized spacial score (nSPS) is 16.9. The van der Waals surface area contributed by atoms with Crippen molar-refractivity contribution >= 4 is 6.29 Å². The van der Waals surface area contributed by atoms with Crippen LogP contribution in [0.15, 0.2) is 24.3 Å². The van der Waals surface area contributed by atoms with Crippen LogP contribution in [0.25, 0.3) is 0 Å². The summed E-state index contributed by atoms with van der Waals surface area (Å²) < 4.78 is 11.1. The molecule has 92 valence electrons. The van der Waals surface area contributed by atoms with E-state index >= 15 is 0 Å². The van der Waals surface area contributed by atoms with Gasteiger partial charge in [-0.25, -0.2) is 0 Å². The SMILES string of the molecule is O=CCCCc1ccc(C2OCCCO2)cc1. The van der Waals surface area contributed by atoms with E-state index in [4.69, 9.17) is 9.47 Å². The third kappa shape index (κ3) is 3.65. The Balaban J connectivity index is 1.90. The molecular formula is C14H18O3. The first-order chi connectivity index (χ1) is 8.40. The lowest BCUT2D eigenvalue weighted by Crippen LogP contribution is -2.17. The molecule has 0 N–H and O–H groups in total. The first-order valence-electron chi connectivity index (χ1n) is 6.16. The lowest BCUT2D eigenvalue weighted by atomic mass is 10.1. The fourth-order valence-corrected chi connectivity index (χ4v) is 1.91. The maximum absolute atomic E-state index is 10.2. The van der Waals surface area contributed by atoms with Gasteiger partial charge in [0.25, 0.3) is 0 Å². The van der Waals surface area contributed by atoms with E-state index < -0.39 is 0 Å². The van der Waals surface area contributed by atoms with Crippen molar-refractivity contribution in [3.63, 3.8) is 0 Å². The molecular weight excluding hydrogens is 216 g/mol. The van der Waals surface area contributed by atoms with Crippen molar-refractivity contribution in [3.8, 4) is 0 Å². The fourth-order valence-electron chi connectivity index (χ4n) is 1.91. The van der Waals surface area contributed by atoms with Crippen molar-refractivity contribution < 1.29 is 14.3 Å². The van der Waals surface area contributed by atoms with Crippen LogP contribution >= 0.6 is 0 Å². The minimum Gasteiger partial charge on any atom is -0.348 e. The van der Waals surface area contributed by atoms with Gasteiger partial charge in [0.2, 0.25) is 0 Å². The Morgan fingerprint density at radius 3 is 2.53 bits per heavy atom. The van der Waals surface area contributed by atoms with Crippen molar-refractivity contribution in [2.45, 2.75) is 32.0 Å². The quantitative estimate of drug-likeness (QED) is 0.580. The van der Waals surface area contributed by atoms with Crippen molar-refractivity contribution in [1.29, 1.82) is 0 Å². The summed E-state index contributed by atoms with van der Waals surface area (Å²) in [6.45, 7) is 1.54. The molecule has 0 aliphatic carbocycles. The Labute approximate surface area is 102 Å².